The quantitative estimate of drug-likeness (QED) is 0.840. The van der Waals surface area contributed by atoms with Crippen molar-refractivity contribution < 1.29 is 9.53 Å². The fourth-order valence-electron chi connectivity index (χ4n) is 2.31. The molecule has 0 unspecified atom stereocenters. The summed E-state index contributed by atoms with van der Waals surface area (Å²) in [5, 5.41) is 3.36. The standard InChI is InChI=1S/C18H21NO2/c1-4-21-18(20)16-5-7-17(8-6-16)19-12-15-10-13(2)9-14(3)11-15/h5-11,19H,4,12H2,1-3H3. The molecule has 110 valence electrons. The van der Waals surface area contributed by atoms with Crippen LogP contribution in [-0.2, 0) is 11.3 Å². The average Bonchev–Trinajstić information content (AvgIpc) is 2.45. The van der Waals surface area contributed by atoms with Gasteiger partial charge < -0.3 is 10.1 Å². The number of benzene rings is 2. The van der Waals surface area contributed by atoms with Gasteiger partial charge in [0.2, 0.25) is 0 Å². The first-order chi connectivity index (χ1) is 10.1. The maximum atomic E-state index is 11.6. The summed E-state index contributed by atoms with van der Waals surface area (Å²) < 4.78 is 4.96. The molecule has 0 amide bonds. The Kier molecular flexibility index (Phi) is 4.99. The number of aryl methyl sites for hydroxylation is 2. The van der Waals surface area contributed by atoms with Gasteiger partial charge in [0.25, 0.3) is 0 Å². The zero-order chi connectivity index (χ0) is 15.2. The van der Waals surface area contributed by atoms with E-state index in [4.69, 9.17) is 4.74 Å². The molecule has 3 heteroatoms. The molecular weight excluding hydrogens is 262 g/mol. The summed E-state index contributed by atoms with van der Waals surface area (Å²) in [7, 11) is 0. The highest BCUT2D eigenvalue weighted by Gasteiger charge is 2.05. The Morgan fingerprint density at radius 2 is 1.67 bits per heavy atom. The number of carbonyl (C=O) groups is 1. The van der Waals surface area contributed by atoms with Gasteiger partial charge in [-0.25, -0.2) is 4.79 Å². The normalized spacial score (nSPS) is 10.2. The maximum Gasteiger partial charge on any atom is 0.338 e. The highest BCUT2D eigenvalue weighted by Crippen LogP contribution is 2.14. The van der Waals surface area contributed by atoms with Crippen LogP contribution in [0.5, 0.6) is 0 Å². The minimum absolute atomic E-state index is 0.279. The van der Waals surface area contributed by atoms with Gasteiger partial charge in [0.05, 0.1) is 12.2 Å². The largest absolute Gasteiger partial charge is 0.462 e. The zero-order valence-electron chi connectivity index (χ0n) is 12.8. The predicted molar refractivity (Wildman–Crippen MR) is 85.6 cm³/mol. The van der Waals surface area contributed by atoms with Gasteiger partial charge in [-0.05, 0) is 50.6 Å². The van der Waals surface area contributed by atoms with Gasteiger partial charge in [-0.1, -0.05) is 29.3 Å². The molecule has 0 bridgehead atoms. The molecular formula is C18H21NO2. The highest BCUT2D eigenvalue weighted by molar-refractivity contribution is 5.89. The fraction of sp³-hybridized carbons (Fsp3) is 0.278. The molecule has 2 rings (SSSR count). The van der Waals surface area contributed by atoms with Crippen LogP contribution in [0.15, 0.2) is 42.5 Å². The molecule has 21 heavy (non-hydrogen) atoms. The van der Waals surface area contributed by atoms with Crippen LogP contribution in [0.4, 0.5) is 5.69 Å². The van der Waals surface area contributed by atoms with E-state index in [-0.39, 0.29) is 5.97 Å². The Morgan fingerprint density at radius 1 is 1.05 bits per heavy atom. The fourth-order valence-corrected chi connectivity index (χ4v) is 2.31. The lowest BCUT2D eigenvalue weighted by molar-refractivity contribution is 0.0526. The molecule has 0 saturated carbocycles. The van der Waals surface area contributed by atoms with Crippen molar-refractivity contribution in [3.63, 3.8) is 0 Å². The molecule has 0 spiro atoms. The van der Waals surface area contributed by atoms with E-state index in [1.807, 2.05) is 12.1 Å². The van der Waals surface area contributed by atoms with Gasteiger partial charge in [-0.2, -0.15) is 0 Å². The summed E-state index contributed by atoms with van der Waals surface area (Å²) >= 11 is 0. The monoisotopic (exact) mass is 283 g/mol. The molecule has 0 heterocycles. The third kappa shape index (κ3) is 4.35. The minimum atomic E-state index is -0.279. The van der Waals surface area contributed by atoms with Crippen molar-refractivity contribution in [1.82, 2.24) is 0 Å². The van der Waals surface area contributed by atoms with E-state index in [9.17, 15) is 4.79 Å². The first kappa shape index (κ1) is 15.1. The van der Waals surface area contributed by atoms with Crippen LogP contribution < -0.4 is 5.32 Å². The Balaban J connectivity index is 1.99. The SMILES string of the molecule is CCOC(=O)c1ccc(NCc2cc(C)cc(C)c2)cc1. The summed E-state index contributed by atoms with van der Waals surface area (Å²) in [5.74, 6) is -0.279. The molecule has 0 atom stereocenters. The number of esters is 1. The summed E-state index contributed by atoms with van der Waals surface area (Å²) in [6.07, 6.45) is 0. The van der Waals surface area contributed by atoms with E-state index < -0.39 is 0 Å². The predicted octanol–water partition coefficient (Wildman–Crippen LogP) is 4.09. The molecule has 3 nitrogen and oxygen atoms in total. The first-order valence-corrected chi connectivity index (χ1v) is 7.16. The van der Waals surface area contributed by atoms with Gasteiger partial charge in [0, 0.05) is 12.2 Å². The zero-order valence-corrected chi connectivity index (χ0v) is 12.8. The van der Waals surface area contributed by atoms with Gasteiger partial charge >= 0.3 is 5.97 Å². The average molecular weight is 283 g/mol. The second kappa shape index (κ2) is 6.93. The lowest BCUT2D eigenvalue weighted by atomic mass is 10.1. The number of anilines is 1. The van der Waals surface area contributed by atoms with Crippen LogP contribution in [0, 0.1) is 13.8 Å². The number of hydrogen-bond acceptors (Lipinski definition) is 3. The van der Waals surface area contributed by atoms with Crippen molar-refractivity contribution in [1.29, 1.82) is 0 Å². The Bertz CT molecular complexity index is 597. The Hall–Kier alpha value is -2.29. The second-order valence-electron chi connectivity index (χ2n) is 5.15. The number of nitrogens with one attached hydrogen (secondary N) is 1. The third-order valence-corrected chi connectivity index (χ3v) is 3.17. The molecule has 0 saturated heterocycles. The Morgan fingerprint density at radius 3 is 2.24 bits per heavy atom. The van der Waals surface area contributed by atoms with E-state index >= 15 is 0 Å². The maximum absolute atomic E-state index is 11.6. The van der Waals surface area contributed by atoms with Crippen molar-refractivity contribution in [2.75, 3.05) is 11.9 Å². The molecule has 1 N–H and O–H groups in total. The third-order valence-electron chi connectivity index (χ3n) is 3.17. The number of hydrogen-bond donors (Lipinski definition) is 1. The van der Waals surface area contributed by atoms with E-state index in [1.54, 1.807) is 19.1 Å². The molecule has 0 fully saturated rings. The smallest absolute Gasteiger partial charge is 0.338 e. The lowest BCUT2D eigenvalue weighted by Gasteiger charge is -2.09. The first-order valence-electron chi connectivity index (χ1n) is 7.16. The van der Waals surface area contributed by atoms with Gasteiger partial charge in [-0.15, -0.1) is 0 Å². The number of ether oxygens (including phenoxy) is 1. The summed E-state index contributed by atoms with van der Waals surface area (Å²) in [6.45, 7) is 7.17. The van der Waals surface area contributed by atoms with Crippen LogP contribution in [-0.4, -0.2) is 12.6 Å². The van der Waals surface area contributed by atoms with Crippen molar-refractivity contribution in [2.24, 2.45) is 0 Å². The van der Waals surface area contributed by atoms with Crippen molar-refractivity contribution in [3.8, 4) is 0 Å². The van der Waals surface area contributed by atoms with Crippen LogP contribution in [0.3, 0.4) is 0 Å². The summed E-state index contributed by atoms with van der Waals surface area (Å²) in [4.78, 5) is 11.6. The number of carbonyl (C=O) groups excluding carboxylic acids is 1. The van der Waals surface area contributed by atoms with Crippen LogP contribution >= 0.6 is 0 Å². The van der Waals surface area contributed by atoms with E-state index in [1.165, 1.54) is 16.7 Å². The molecule has 0 aromatic heterocycles. The van der Waals surface area contributed by atoms with Crippen LogP contribution in [0.2, 0.25) is 0 Å². The highest BCUT2D eigenvalue weighted by atomic mass is 16.5. The van der Waals surface area contributed by atoms with E-state index in [0.29, 0.717) is 12.2 Å². The molecule has 2 aromatic carbocycles. The molecule has 0 aliphatic rings. The van der Waals surface area contributed by atoms with Gasteiger partial charge in [-0.3, -0.25) is 0 Å². The van der Waals surface area contributed by atoms with Crippen molar-refractivity contribution in [2.45, 2.75) is 27.3 Å². The van der Waals surface area contributed by atoms with Gasteiger partial charge in [0.1, 0.15) is 0 Å². The van der Waals surface area contributed by atoms with E-state index in [0.717, 1.165) is 12.2 Å². The molecule has 2 aromatic rings. The lowest BCUT2D eigenvalue weighted by Crippen LogP contribution is -2.05. The summed E-state index contributed by atoms with van der Waals surface area (Å²) in [5.41, 5.74) is 5.35. The van der Waals surface area contributed by atoms with Crippen LogP contribution in [0.1, 0.15) is 34.0 Å². The second-order valence-corrected chi connectivity index (χ2v) is 5.15. The Labute approximate surface area is 126 Å². The molecule has 0 aliphatic carbocycles. The van der Waals surface area contributed by atoms with Crippen molar-refractivity contribution >= 4 is 11.7 Å². The van der Waals surface area contributed by atoms with Crippen molar-refractivity contribution in [3.05, 3.63) is 64.7 Å². The minimum Gasteiger partial charge on any atom is -0.462 e. The molecule has 0 radical (unpaired) electrons. The topological polar surface area (TPSA) is 38.3 Å². The van der Waals surface area contributed by atoms with Gasteiger partial charge in [0.15, 0.2) is 0 Å². The number of rotatable bonds is 5. The van der Waals surface area contributed by atoms with E-state index in [2.05, 4.69) is 37.4 Å². The van der Waals surface area contributed by atoms with Crippen LogP contribution in [0.25, 0.3) is 0 Å². The molecule has 0 aliphatic heterocycles. The summed E-state index contributed by atoms with van der Waals surface area (Å²) in [6, 6.07) is 13.9.